The molecule has 1 aromatic heterocycles. The zero-order valence-corrected chi connectivity index (χ0v) is 22.6. The van der Waals surface area contributed by atoms with Crippen molar-refractivity contribution in [3.63, 3.8) is 0 Å². The lowest BCUT2D eigenvalue weighted by Gasteiger charge is -2.16. The maximum Gasteiger partial charge on any atom is 0.229 e. The molecule has 0 unspecified atom stereocenters. The van der Waals surface area contributed by atoms with Gasteiger partial charge in [0.25, 0.3) is 0 Å². The molecule has 0 radical (unpaired) electrons. The van der Waals surface area contributed by atoms with Gasteiger partial charge in [-0.25, -0.2) is 4.98 Å². The maximum atomic E-state index is 6.43. The largest absolute Gasteiger partial charge is 0.492 e. The van der Waals surface area contributed by atoms with Crippen LogP contribution in [0.5, 0.6) is 5.75 Å². The van der Waals surface area contributed by atoms with Crippen LogP contribution in [0.4, 0.5) is 28.8 Å². The number of hydrogen-bond donors (Lipinski definition) is 3. The molecule has 2 aromatic carbocycles. The molecular formula is C26H35ClN6OS. The maximum absolute atomic E-state index is 6.43. The average molecular weight is 515 g/mol. The third-order valence-corrected chi connectivity index (χ3v) is 6.24. The van der Waals surface area contributed by atoms with Crippen molar-refractivity contribution in [2.45, 2.75) is 37.3 Å². The van der Waals surface area contributed by atoms with E-state index in [-0.39, 0.29) is 0 Å². The number of hydrogen-bond acceptors (Lipinski definition) is 8. The van der Waals surface area contributed by atoms with Gasteiger partial charge in [-0.05, 0) is 58.3 Å². The van der Waals surface area contributed by atoms with Gasteiger partial charge >= 0.3 is 0 Å². The van der Waals surface area contributed by atoms with Gasteiger partial charge in [0.1, 0.15) is 10.8 Å². The minimum atomic E-state index is 0.429. The number of benzene rings is 2. The highest BCUT2D eigenvalue weighted by Crippen LogP contribution is 2.34. The molecule has 0 saturated heterocycles. The van der Waals surface area contributed by atoms with Crippen LogP contribution < -0.4 is 20.7 Å². The summed E-state index contributed by atoms with van der Waals surface area (Å²) in [7, 11) is 4.16. The normalized spacial score (nSPS) is 11.1. The van der Waals surface area contributed by atoms with Crippen molar-refractivity contribution in [1.29, 1.82) is 0 Å². The Balaban J connectivity index is 1.76. The molecule has 0 aliphatic carbocycles. The SMILES string of the molecule is CCOc1cc(NCCCN(C)C)ccc1Nc1ncc(Cl)c(Nc2ccccc2SC(C)C)n1. The number of halogens is 1. The third-order valence-electron chi connectivity index (χ3n) is 4.89. The zero-order chi connectivity index (χ0) is 25.2. The summed E-state index contributed by atoms with van der Waals surface area (Å²) >= 11 is 8.22. The molecule has 0 aliphatic heterocycles. The molecule has 1 heterocycles. The summed E-state index contributed by atoms with van der Waals surface area (Å²) in [4.78, 5) is 12.3. The van der Waals surface area contributed by atoms with Gasteiger partial charge in [0.05, 0.1) is 24.2 Å². The van der Waals surface area contributed by atoms with E-state index in [0.29, 0.717) is 28.6 Å². The van der Waals surface area contributed by atoms with Crippen LogP contribution >= 0.6 is 23.4 Å². The van der Waals surface area contributed by atoms with Crippen molar-refractivity contribution in [2.75, 3.05) is 49.7 Å². The van der Waals surface area contributed by atoms with Gasteiger partial charge in [-0.15, -0.1) is 11.8 Å². The van der Waals surface area contributed by atoms with E-state index >= 15 is 0 Å². The van der Waals surface area contributed by atoms with Crippen molar-refractivity contribution in [1.82, 2.24) is 14.9 Å². The minimum Gasteiger partial charge on any atom is -0.492 e. The molecular weight excluding hydrogens is 480 g/mol. The van der Waals surface area contributed by atoms with Crippen LogP contribution in [0, 0.1) is 0 Å². The number of ether oxygens (including phenoxy) is 1. The van der Waals surface area contributed by atoms with E-state index in [2.05, 4.69) is 64.8 Å². The summed E-state index contributed by atoms with van der Waals surface area (Å²) in [5.74, 6) is 1.70. The Bertz CT molecular complexity index is 1100. The molecule has 9 heteroatoms. The molecule has 0 spiro atoms. The van der Waals surface area contributed by atoms with Crippen molar-refractivity contribution < 1.29 is 4.74 Å². The molecule has 0 aliphatic rings. The molecule has 0 fully saturated rings. The minimum absolute atomic E-state index is 0.429. The van der Waals surface area contributed by atoms with Gasteiger partial charge in [-0.3, -0.25) is 0 Å². The second-order valence-corrected chi connectivity index (χ2v) is 10.6. The van der Waals surface area contributed by atoms with Gasteiger partial charge in [-0.2, -0.15) is 4.98 Å². The van der Waals surface area contributed by atoms with Crippen molar-refractivity contribution >= 4 is 52.2 Å². The Morgan fingerprint density at radius 3 is 2.63 bits per heavy atom. The second kappa shape index (κ2) is 13.4. The number of para-hydroxylation sites is 1. The van der Waals surface area contributed by atoms with E-state index in [9.17, 15) is 0 Å². The van der Waals surface area contributed by atoms with E-state index < -0.39 is 0 Å². The first-order chi connectivity index (χ1) is 16.9. The Morgan fingerprint density at radius 1 is 1.09 bits per heavy atom. The molecule has 35 heavy (non-hydrogen) atoms. The van der Waals surface area contributed by atoms with Crippen LogP contribution in [0.25, 0.3) is 0 Å². The number of aromatic nitrogens is 2. The van der Waals surface area contributed by atoms with E-state index in [1.165, 1.54) is 0 Å². The standard InChI is InChI=1S/C26H35ClN6OS/c1-6-34-23-16-19(28-14-9-15-33(4)5)12-13-21(23)31-26-29-17-20(27)25(32-26)30-22-10-7-8-11-24(22)35-18(2)3/h7-8,10-13,16-18,28H,6,9,14-15H2,1-5H3,(H2,29,30,31,32). The molecule has 188 valence electrons. The number of thioether (sulfide) groups is 1. The second-order valence-electron chi connectivity index (χ2n) is 8.53. The van der Waals surface area contributed by atoms with E-state index in [0.717, 1.165) is 47.2 Å². The first kappa shape index (κ1) is 26.9. The van der Waals surface area contributed by atoms with Crippen molar-refractivity contribution in [3.05, 3.63) is 53.7 Å². The molecule has 3 N–H and O–H groups in total. The van der Waals surface area contributed by atoms with Gasteiger partial charge < -0.3 is 25.6 Å². The van der Waals surface area contributed by atoms with Crippen LogP contribution in [0.15, 0.2) is 53.6 Å². The fraction of sp³-hybridized carbons (Fsp3) is 0.385. The lowest BCUT2D eigenvalue weighted by atomic mass is 10.2. The summed E-state index contributed by atoms with van der Waals surface area (Å²) in [6.07, 6.45) is 2.66. The average Bonchev–Trinajstić information content (AvgIpc) is 2.81. The van der Waals surface area contributed by atoms with E-state index in [1.54, 1.807) is 18.0 Å². The van der Waals surface area contributed by atoms with Crippen LogP contribution in [-0.2, 0) is 0 Å². The Hall–Kier alpha value is -2.68. The number of nitrogens with zero attached hydrogens (tertiary/aromatic N) is 3. The smallest absolute Gasteiger partial charge is 0.229 e. The van der Waals surface area contributed by atoms with Gasteiger partial charge in [0, 0.05) is 28.4 Å². The quantitative estimate of drug-likeness (QED) is 0.168. The molecule has 0 bridgehead atoms. The fourth-order valence-corrected chi connectivity index (χ4v) is 4.38. The molecule has 0 amide bonds. The summed E-state index contributed by atoms with van der Waals surface area (Å²) in [5, 5.41) is 11.0. The number of rotatable bonds is 13. The van der Waals surface area contributed by atoms with Crippen LogP contribution in [0.1, 0.15) is 27.2 Å². The van der Waals surface area contributed by atoms with E-state index in [1.807, 2.05) is 43.3 Å². The van der Waals surface area contributed by atoms with Crippen molar-refractivity contribution in [2.24, 2.45) is 0 Å². The Labute approximate surface area is 218 Å². The molecule has 0 saturated carbocycles. The summed E-state index contributed by atoms with van der Waals surface area (Å²) in [6.45, 7) is 8.79. The number of anilines is 5. The predicted molar refractivity (Wildman–Crippen MR) is 150 cm³/mol. The zero-order valence-electron chi connectivity index (χ0n) is 21.1. The van der Waals surface area contributed by atoms with Crippen molar-refractivity contribution in [3.8, 4) is 5.75 Å². The highest BCUT2D eigenvalue weighted by molar-refractivity contribution is 8.00. The summed E-state index contributed by atoms with van der Waals surface area (Å²) in [6, 6.07) is 14.1. The first-order valence-corrected chi connectivity index (χ1v) is 13.1. The Morgan fingerprint density at radius 2 is 1.89 bits per heavy atom. The number of nitrogens with one attached hydrogen (secondary N) is 3. The van der Waals surface area contributed by atoms with Gasteiger partial charge in [-0.1, -0.05) is 37.6 Å². The highest BCUT2D eigenvalue weighted by atomic mass is 35.5. The summed E-state index contributed by atoms with van der Waals surface area (Å²) in [5.41, 5.74) is 2.75. The highest BCUT2D eigenvalue weighted by Gasteiger charge is 2.12. The monoisotopic (exact) mass is 514 g/mol. The summed E-state index contributed by atoms with van der Waals surface area (Å²) < 4.78 is 5.89. The third kappa shape index (κ3) is 8.49. The van der Waals surface area contributed by atoms with E-state index in [4.69, 9.17) is 16.3 Å². The molecule has 3 rings (SSSR count). The predicted octanol–water partition coefficient (Wildman–Crippen LogP) is 6.88. The lowest BCUT2D eigenvalue weighted by Crippen LogP contribution is -2.16. The van der Waals surface area contributed by atoms with Crippen LogP contribution in [0.2, 0.25) is 5.02 Å². The van der Waals surface area contributed by atoms with Gasteiger partial charge in [0.2, 0.25) is 5.95 Å². The molecule has 0 atom stereocenters. The lowest BCUT2D eigenvalue weighted by molar-refractivity contribution is 0.342. The molecule has 7 nitrogen and oxygen atoms in total. The fourth-order valence-electron chi connectivity index (χ4n) is 3.33. The first-order valence-electron chi connectivity index (χ1n) is 11.8. The topological polar surface area (TPSA) is 74.3 Å². The van der Waals surface area contributed by atoms with Gasteiger partial charge in [0.15, 0.2) is 5.82 Å². The molecule has 3 aromatic rings. The van der Waals surface area contributed by atoms with Crippen LogP contribution in [-0.4, -0.2) is 53.9 Å². The Kier molecular flexibility index (Phi) is 10.3. The van der Waals surface area contributed by atoms with Crippen LogP contribution in [0.3, 0.4) is 0 Å².